The van der Waals surface area contributed by atoms with E-state index in [9.17, 15) is 0 Å². The van der Waals surface area contributed by atoms with E-state index >= 15 is 0 Å². The van der Waals surface area contributed by atoms with Crippen molar-refractivity contribution >= 4 is 0 Å². The van der Waals surface area contributed by atoms with Crippen LogP contribution in [0.2, 0.25) is 0 Å². The Bertz CT molecular complexity index is 580. The Morgan fingerprint density at radius 1 is 1.30 bits per heavy atom. The van der Waals surface area contributed by atoms with E-state index in [0.29, 0.717) is 11.7 Å². The maximum absolute atomic E-state index is 6.28. The number of benzene rings is 1. The van der Waals surface area contributed by atoms with Gasteiger partial charge in [-0.1, -0.05) is 37.2 Å². The minimum atomic E-state index is -0.545. The second kappa shape index (κ2) is 4.90. The molecule has 0 saturated heterocycles. The molecule has 0 spiro atoms. The number of para-hydroxylation sites is 1. The molecule has 5 heteroatoms. The molecule has 1 aromatic heterocycles. The summed E-state index contributed by atoms with van der Waals surface area (Å²) in [7, 11) is 0. The van der Waals surface area contributed by atoms with Crippen molar-refractivity contribution in [2.75, 3.05) is 0 Å². The number of nitrogens with two attached hydrogens (primary N) is 1. The molecule has 1 unspecified atom stereocenters. The highest BCUT2D eigenvalue weighted by atomic mass is 16.5. The lowest BCUT2D eigenvalue weighted by atomic mass is 9.94. The summed E-state index contributed by atoms with van der Waals surface area (Å²) in [5.41, 5.74) is 6.91. The third-order valence-corrected chi connectivity index (χ3v) is 4.06. The van der Waals surface area contributed by atoms with Gasteiger partial charge < -0.3 is 15.0 Å². The predicted octanol–water partition coefficient (Wildman–Crippen LogP) is 2.72. The Labute approximate surface area is 118 Å². The van der Waals surface area contributed by atoms with Gasteiger partial charge in [-0.15, -0.1) is 0 Å². The summed E-state index contributed by atoms with van der Waals surface area (Å²) in [6, 6.07) is 7.98. The van der Waals surface area contributed by atoms with Gasteiger partial charge in [0.1, 0.15) is 5.75 Å². The normalized spacial score (nSPS) is 17.9. The second-order valence-corrected chi connectivity index (χ2v) is 5.24. The summed E-state index contributed by atoms with van der Waals surface area (Å²) in [5, 5.41) is 4.05. The molecule has 0 bridgehead atoms. The number of ether oxygens (including phenoxy) is 1. The van der Waals surface area contributed by atoms with Gasteiger partial charge in [-0.2, -0.15) is 4.98 Å². The highest BCUT2D eigenvalue weighted by Gasteiger charge is 2.33. The first kappa shape index (κ1) is 13.1. The van der Waals surface area contributed by atoms with Crippen molar-refractivity contribution in [3.63, 3.8) is 0 Å². The summed E-state index contributed by atoms with van der Waals surface area (Å²) in [6.45, 7) is 4.05. The minimum Gasteiger partial charge on any atom is -0.482 e. The van der Waals surface area contributed by atoms with Crippen LogP contribution < -0.4 is 10.5 Å². The molecule has 5 nitrogen and oxygen atoms in total. The van der Waals surface area contributed by atoms with E-state index in [2.05, 4.69) is 16.2 Å². The van der Waals surface area contributed by atoms with Crippen LogP contribution in [0.3, 0.4) is 0 Å². The molecule has 2 aromatic rings. The largest absolute Gasteiger partial charge is 0.482 e. The third-order valence-electron chi connectivity index (χ3n) is 4.06. The van der Waals surface area contributed by atoms with E-state index < -0.39 is 5.54 Å². The van der Waals surface area contributed by atoms with Gasteiger partial charge in [-0.05, 0) is 24.5 Å². The molecule has 1 atom stereocenters. The van der Waals surface area contributed by atoms with Crippen LogP contribution in [0.5, 0.6) is 5.75 Å². The van der Waals surface area contributed by atoms with E-state index in [0.717, 1.165) is 25.0 Å². The average Bonchev–Trinajstić information content (AvgIpc) is 3.12. The predicted molar refractivity (Wildman–Crippen MR) is 74.3 cm³/mol. The third kappa shape index (κ3) is 2.08. The van der Waals surface area contributed by atoms with Gasteiger partial charge in [0.2, 0.25) is 11.7 Å². The fraction of sp³-hybridized carbons (Fsp3) is 0.467. The van der Waals surface area contributed by atoms with Crippen molar-refractivity contribution in [1.82, 2.24) is 10.1 Å². The van der Waals surface area contributed by atoms with E-state index in [4.69, 9.17) is 15.0 Å². The number of aromatic nitrogens is 2. The molecule has 106 valence electrons. The average molecular weight is 273 g/mol. The maximum atomic E-state index is 6.28. The quantitative estimate of drug-likeness (QED) is 0.927. The summed E-state index contributed by atoms with van der Waals surface area (Å²) < 4.78 is 11.2. The van der Waals surface area contributed by atoms with Gasteiger partial charge in [-0.25, -0.2) is 0 Å². The van der Waals surface area contributed by atoms with Crippen molar-refractivity contribution in [3.05, 3.63) is 41.5 Å². The number of hydrogen-bond acceptors (Lipinski definition) is 5. The summed E-state index contributed by atoms with van der Waals surface area (Å²) in [4.78, 5) is 4.46. The molecule has 0 amide bonds. The molecular formula is C15H19N3O2. The summed E-state index contributed by atoms with van der Waals surface area (Å²) in [6.07, 6.45) is 2.11. The molecule has 2 heterocycles. The zero-order valence-corrected chi connectivity index (χ0v) is 11.8. The lowest BCUT2D eigenvalue weighted by Gasteiger charge is -2.20. The molecule has 20 heavy (non-hydrogen) atoms. The zero-order valence-electron chi connectivity index (χ0n) is 11.8. The monoisotopic (exact) mass is 273 g/mol. The molecule has 0 fully saturated rings. The van der Waals surface area contributed by atoms with Gasteiger partial charge >= 0.3 is 0 Å². The molecular weight excluding hydrogens is 254 g/mol. The van der Waals surface area contributed by atoms with Gasteiger partial charge in [0.05, 0.1) is 5.54 Å². The minimum absolute atomic E-state index is 0.178. The standard InChI is InChI=1S/C15H19N3O2/c1-3-15(16,4-2)14-17-13(18-20-14)12-9-10-7-5-6-8-11(10)19-12/h5-8,12H,3-4,9,16H2,1-2H3. The number of nitrogens with zero attached hydrogens (tertiary/aromatic N) is 2. The van der Waals surface area contributed by atoms with Gasteiger partial charge in [0.15, 0.2) is 6.10 Å². The van der Waals surface area contributed by atoms with E-state index in [1.54, 1.807) is 0 Å². The first-order chi connectivity index (χ1) is 9.66. The molecule has 1 aliphatic heterocycles. The van der Waals surface area contributed by atoms with Crippen LogP contribution in [0.1, 0.15) is 50.1 Å². The fourth-order valence-electron chi connectivity index (χ4n) is 2.45. The maximum Gasteiger partial charge on any atom is 0.246 e. The lowest BCUT2D eigenvalue weighted by molar-refractivity contribution is 0.218. The molecule has 1 aliphatic rings. The summed E-state index contributed by atoms with van der Waals surface area (Å²) in [5.74, 6) is 1.97. The van der Waals surface area contributed by atoms with Crippen LogP contribution in [0.4, 0.5) is 0 Å². The number of fused-ring (bicyclic) bond motifs is 1. The molecule has 1 aromatic carbocycles. The van der Waals surface area contributed by atoms with E-state index in [1.165, 1.54) is 5.56 Å². The zero-order chi connectivity index (χ0) is 14.2. The summed E-state index contributed by atoms with van der Waals surface area (Å²) >= 11 is 0. The number of hydrogen-bond donors (Lipinski definition) is 1. The van der Waals surface area contributed by atoms with Crippen molar-refractivity contribution in [3.8, 4) is 5.75 Å². The first-order valence-corrected chi connectivity index (χ1v) is 7.04. The smallest absolute Gasteiger partial charge is 0.246 e. The van der Waals surface area contributed by atoms with Crippen LogP contribution in [-0.4, -0.2) is 10.1 Å². The van der Waals surface area contributed by atoms with Crippen LogP contribution in [0.15, 0.2) is 28.8 Å². The van der Waals surface area contributed by atoms with Crippen LogP contribution in [0, 0.1) is 0 Å². The topological polar surface area (TPSA) is 74.2 Å². The molecule has 3 rings (SSSR count). The Balaban J connectivity index is 1.83. The van der Waals surface area contributed by atoms with Gasteiger partial charge in [-0.3, -0.25) is 0 Å². The fourth-order valence-corrected chi connectivity index (χ4v) is 2.45. The molecule has 0 saturated carbocycles. The van der Waals surface area contributed by atoms with E-state index in [-0.39, 0.29) is 6.10 Å². The van der Waals surface area contributed by atoms with Crippen molar-refractivity contribution in [1.29, 1.82) is 0 Å². The Morgan fingerprint density at radius 2 is 2.05 bits per heavy atom. The Morgan fingerprint density at radius 3 is 2.75 bits per heavy atom. The van der Waals surface area contributed by atoms with Crippen LogP contribution >= 0.6 is 0 Å². The van der Waals surface area contributed by atoms with Crippen LogP contribution in [-0.2, 0) is 12.0 Å². The molecule has 2 N–H and O–H groups in total. The van der Waals surface area contributed by atoms with Crippen LogP contribution in [0.25, 0.3) is 0 Å². The lowest BCUT2D eigenvalue weighted by Crippen LogP contribution is -2.35. The van der Waals surface area contributed by atoms with Crippen molar-refractivity contribution in [2.45, 2.75) is 44.8 Å². The second-order valence-electron chi connectivity index (χ2n) is 5.24. The van der Waals surface area contributed by atoms with E-state index in [1.807, 2.05) is 32.0 Å². The Hall–Kier alpha value is -1.88. The first-order valence-electron chi connectivity index (χ1n) is 7.04. The van der Waals surface area contributed by atoms with Crippen molar-refractivity contribution in [2.24, 2.45) is 5.73 Å². The SMILES string of the molecule is CCC(N)(CC)c1nc(C2Cc3ccccc3O2)no1. The highest BCUT2D eigenvalue weighted by Crippen LogP contribution is 2.36. The molecule has 0 radical (unpaired) electrons. The highest BCUT2D eigenvalue weighted by molar-refractivity contribution is 5.37. The van der Waals surface area contributed by atoms with Crippen molar-refractivity contribution < 1.29 is 9.26 Å². The Kier molecular flexibility index (Phi) is 3.22. The van der Waals surface area contributed by atoms with Gasteiger partial charge in [0.25, 0.3) is 0 Å². The van der Waals surface area contributed by atoms with Gasteiger partial charge in [0, 0.05) is 6.42 Å². The molecule has 0 aliphatic carbocycles. The number of rotatable bonds is 4.